The Morgan fingerprint density at radius 2 is 2.21 bits per heavy atom. The van der Waals surface area contributed by atoms with Crippen LogP contribution >= 0.6 is 22.6 Å². The minimum atomic E-state index is -0.347. The number of nitrogens with zero attached hydrogens (tertiary/aromatic N) is 1. The van der Waals surface area contributed by atoms with Gasteiger partial charge in [-0.3, -0.25) is 4.79 Å². The highest BCUT2D eigenvalue weighted by atomic mass is 127. The summed E-state index contributed by atoms with van der Waals surface area (Å²) in [7, 11) is 1.82. The zero-order valence-corrected chi connectivity index (χ0v) is 9.98. The number of rotatable bonds is 3. The largest absolute Gasteiger partial charge is 0.399 e. The third-order valence-corrected chi connectivity index (χ3v) is 2.64. The Bertz CT molecular complexity index is 354. The number of primary amides is 1. The summed E-state index contributed by atoms with van der Waals surface area (Å²) >= 11 is 2.17. The van der Waals surface area contributed by atoms with Gasteiger partial charge in [0.25, 0.3) is 0 Å². The van der Waals surface area contributed by atoms with Crippen LogP contribution in [0.4, 0.5) is 11.4 Å². The molecule has 4 nitrogen and oxygen atoms in total. The maximum atomic E-state index is 10.7. The molecule has 1 aromatic rings. The van der Waals surface area contributed by atoms with Crippen molar-refractivity contribution in [2.75, 3.05) is 24.2 Å². The van der Waals surface area contributed by atoms with Gasteiger partial charge in [-0.05, 0) is 40.8 Å². The quantitative estimate of drug-likeness (QED) is 0.641. The summed E-state index contributed by atoms with van der Waals surface area (Å²) in [6.07, 6.45) is 0. The Morgan fingerprint density at radius 1 is 1.57 bits per heavy atom. The molecule has 0 saturated heterocycles. The molecule has 0 radical (unpaired) electrons. The lowest BCUT2D eigenvalue weighted by Crippen LogP contribution is -2.30. The third-order valence-electron chi connectivity index (χ3n) is 1.78. The topological polar surface area (TPSA) is 72.3 Å². The summed E-state index contributed by atoms with van der Waals surface area (Å²) in [6, 6.07) is 5.53. The van der Waals surface area contributed by atoms with E-state index in [9.17, 15) is 4.79 Å². The van der Waals surface area contributed by atoms with Crippen LogP contribution in [0, 0.1) is 3.57 Å². The van der Waals surface area contributed by atoms with Crippen molar-refractivity contribution in [3.05, 3.63) is 21.8 Å². The molecule has 0 aliphatic carbocycles. The van der Waals surface area contributed by atoms with E-state index in [2.05, 4.69) is 22.6 Å². The minimum absolute atomic E-state index is 0.208. The molecule has 14 heavy (non-hydrogen) atoms. The lowest BCUT2D eigenvalue weighted by Gasteiger charge is -2.18. The standard InChI is InChI=1S/C9H12IN3O/c1-13(5-9(12)14)8-3-2-6(11)4-7(8)10/h2-4H,5,11H2,1H3,(H2,12,14). The molecule has 0 aromatic heterocycles. The maximum absolute atomic E-state index is 10.7. The summed E-state index contributed by atoms with van der Waals surface area (Å²) in [4.78, 5) is 12.5. The van der Waals surface area contributed by atoms with Gasteiger partial charge < -0.3 is 16.4 Å². The van der Waals surface area contributed by atoms with Gasteiger partial charge in [-0.2, -0.15) is 0 Å². The van der Waals surface area contributed by atoms with E-state index in [0.717, 1.165) is 9.26 Å². The van der Waals surface area contributed by atoms with Gasteiger partial charge in [0.1, 0.15) is 0 Å². The van der Waals surface area contributed by atoms with Gasteiger partial charge in [0, 0.05) is 16.3 Å². The Balaban J connectivity index is 2.90. The van der Waals surface area contributed by atoms with Gasteiger partial charge in [0.15, 0.2) is 0 Å². The summed E-state index contributed by atoms with van der Waals surface area (Å²) in [5, 5.41) is 0. The third kappa shape index (κ3) is 2.76. The molecule has 5 heteroatoms. The van der Waals surface area contributed by atoms with Gasteiger partial charge in [0.2, 0.25) is 5.91 Å². The lowest BCUT2D eigenvalue weighted by molar-refractivity contribution is -0.116. The molecule has 0 atom stereocenters. The van der Waals surface area contributed by atoms with Crippen molar-refractivity contribution in [3.63, 3.8) is 0 Å². The van der Waals surface area contributed by atoms with Gasteiger partial charge in [-0.15, -0.1) is 0 Å². The van der Waals surface area contributed by atoms with Crippen molar-refractivity contribution in [1.29, 1.82) is 0 Å². The monoisotopic (exact) mass is 305 g/mol. The van der Waals surface area contributed by atoms with Gasteiger partial charge in [-0.1, -0.05) is 0 Å². The molecule has 0 spiro atoms. The van der Waals surface area contributed by atoms with Gasteiger partial charge >= 0.3 is 0 Å². The van der Waals surface area contributed by atoms with Crippen LogP contribution in [0.25, 0.3) is 0 Å². The molecule has 0 aliphatic rings. The molecule has 0 bridgehead atoms. The summed E-state index contributed by atoms with van der Waals surface area (Å²) in [6.45, 7) is 0.208. The van der Waals surface area contributed by atoms with Crippen molar-refractivity contribution in [1.82, 2.24) is 0 Å². The number of amides is 1. The molecule has 4 N–H and O–H groups in total. The number of benzene rings is 1. The number of nitrogen functional groups attached to an aromatic ring is 1. The lowest BCUT2D eigenvalue weighted by atomic mass is 10.2. The number of carbonyl (C=O) groups is 1. The highest BCUT2D eigenvalue weighted by molar-refractivity contribution is 14.1. The number of halogens is 1. The van der Waals surface area contributed by atoms with Crippen LogP contribution in [0.1, 0.15) is 0 Å². The van der Waals surface area contributed by atoms with E-state index in [-0.39, 0.29) is 12.5 Å². The normalized spacial score (nSPS) is 9.86. The van der Waals surface area contributed by atoms with Crippen LogP contribution in [-0.4, -0.2) is 19.5 Å². The molecular weight excluding hydrogens is 293 g/mol. The van der Waals surface area contributed by atoms with E-state index in [1.807, 2.05) is 19.2 Å². The highest BCUT2D eigenvalue weighted by Crippen LogP contribution is 2.23. The molecule has 1 aromatic carbocycles. The first kappa shape index (κ1) is 11.1. The van der Waals surface area contributed by atoms with Crippen molar-refractivity contribution in [2.45, 2.75) is 0 Å². The van der Waals surface area contributed by atoms with E-state index >= 15 is 0 Å². The van der Waals surface area contributed by atoms with E-state index < -0.39 is 0 Å². The molecule has 0 unspecified atom stereocenters. The van der Waals surface area contributed by atoms with Crippen molar-refractivity contribution < 1.29 is 4.79 Å². The second-order valence-corrected chi connectivity index (χ2v) is 4.20. The van der Waals surface area contributed by atoms with Crippen LogP contribution < -0.4 is 16.4 Å². The first-order chi connectivity index (χ1) is 6.50. The second kappa shape index (κ2) is 4.50. The van der Waals surface area contributed by atoms with Crippen LogP contribution in [0.3, 0.4) is 0 Å². The Hall–Kier alpha value is -0.980. The zero-order valence-electron chi connectivity index (χ0n) is 7.83. The van der Waals surface area contributed by atoms with Crippen LogP contribution in [-0.2, 0) is 4.79 Å². The fourth-order valence-electron chi connectivity index (χ4n) is 1.15. The highest BCUT2D eigenvalue weighted by Gasteiger charge is 2.07. The molecule has 0 aliphatic heterocycles. The Kier molecular flexibility index (Phi) is 3.56. The fourth-order valence-corrected chi connectivity index (χ4v) is 2.10. The van der Waals surface area contributed by atoms with Crippen LogP contribution in [0.5, 0.6) is 0 Å². The SMILES string of the molecule is CN(CC(N)=O)c1ccc(N)cc1I. The second-order valence-electron chi connectivity index (χ2n) is 3.03. The molecule has 0 heterocycles. The molecule has 76 valence electrons. The van der Waals surface area contributed by atoms with Crippen LogP contribution in [0.15, 0.2) is 18.2 Å². The first-order valence-electron chi connectivity index (χ1n) is 4.05. The Labute approximate surface area is 96.4 Å². The number of hydrogen-bond donors (Lipinski definition) is 2. The molecule has 1 rings (SSSR count). The maximum Gasteiger partial charge on any atom is 0.236 e. The number of anilines is 2. The molecule has 0 saturated carbocycles. The van der Waals surface area contributed by atoms with E-state index in [4.69, 9.17) is 11.5 Å². The van der Waals surface area contributed by atoms with Crippen molar-refractivity contribution in [3.8, 4) is 0 Å². The molecule has 0 fully saturated rings. The summed E-state index contributed by atoms with van der Waals surface area (Å²) in [5.41, 5.74) is 12.4. The zero-order chi connectivity index (χ0) is 10.7. The van der Waals surface area contributed by atoms with E-state index in [1.54, 1.807) is 11.0 Å². The van der Waals surface area contributed by atoms with Crippen molar-refractivity contribution in [2.24, 2.45) is 5.73 Å². The molecule has 1 amide bonds. The number of hydrogen-bond acceptors (Lipinski definition) is 3. The van der Waals surface area contributed by atoms with E-state index in [0.29, 0.717) is 5.69 Å². The smallest absolute Gasteiger partial charge is 0.236 e. The average Bonchev–Trinajstić information content (AvgIpc) is 2.01. The van der Waals surface area contributed by atoms with Gasteiger partial charge in [-0.25, -0.2) is 0 Å². The van der Waals surface area contributed by atoms with Crippen molar-refractivity contribution >= 4 is 39.9 Å². The summed E-state index contributed by atoms with van der Waals surface area (Å²) in [5.74, 6) is -0.347. The predicted octanol–water partition coefficient (Wildman–Crippen LogP) is 0.795. The summed E-state index contributed by atoms with van der Waals surface area (Å²) < 4.78 is 1.01. The van der Waals surface area contributed by atoms with Gasteiger partial charge in [0.05, 0.1) is 12.2 Å². The predicted molar refractivity (Wildman–Crippen MR) is 66.0 cm³/mol. The van der Waals surface area contributed by atoms with E-state index in [1.165, 1.54) is 0 Å². The minimum Gasteiger partial charge on any atom is -0.399 e. The van der Waals surface area contributed by atoms with Crippen LogP contribution in [0.2, 0.25) is 0 Å². The fraction of sp³-hybridized carbons (Fsp3) is 0.222. The number of nitrogens with two attached hydrogens (primary N) is 2. The number of likely N-dealkylation sites (N-methyl/N-ethyl adjacent to an activating group) is 1. The first-order valence-corrected chi connectivity index (χ1v) is 5.13. The number of carbonyl (C=O) groups excluding carboxylic acids is 1. The molecular formula is C9H12IN3O. The Morgan fingerprint density at radius 3 is 2.71 bits per heavy atom. The average molecular weight is 305 g/mol.